The van der Waals surface area contributed by atoms with E-state index >= 15 is 0 Å². The number of para-hydroxylation sites is 1. The number of hydrogen-bond acceptors (Lipinski definition) is 4. The van der Waals surface area contributed by atoms with Gasteiger partial charge in [0.2, 0.25) is 0 Å². The second-order valence-electron chi connectivity index (χ2n) is 7.50. The third-order valence-corrected chi connectivity index (χ3v) is 5.78. The van der Waals surface area contributed by atoms with Gasteiger partial charge in [0, 0.05) is 57.5 Å². The molecule has 4 heteroatoms. The molecule has 0 bridgehead atoms. The van der Waals surface area contributed by atoms with E-state index in [1.165, 1.54) is 11.3 Å². The van der Waals surface area contributed by atoms with Gasteiger partial charge in [-0.25, -0.2) is 0 Å². The molecule has 26 heavy (non-hydrogen) atoms. The number of nitrogens with zero attached hydrogens (tertiary/aromatic N) is 3. The van der Waals surface area contributed by atoms with E-state index in [1.54, 1.807) is 0 Å². The standard InChI is InChI=1S/C22H29N3O/c26-22-18-23(17-19-7-3-1-4-8-19)12-11-21(22)25-15-13-24(14-16-25)20-9-5-2-6-10-20/h1-10,21-22,26H,11-18H2. The molecule has 0 amide bonds. The van der Waals surface area contributed by atoms with E-state index in [0.29, 0.717) is 6.04 Å². The van der Waals surface area contributed by atoms with Crippen molar-refractivity contribution in [3.05, 3.63) is 66.2 Å². The van der Waals surface area contributed by atoms with Crippen LogP contribution in [-0.2, 0) is 6.54 Å². The highest BCUT2D eigenvalue weighted by Gasteiger charge is 2.33. The molecule has 0 radical (unpaired) electrons. The summed E-state index contributed by atoms with van der Waals surface area (Å²) in [5.41, 5.74) is 2.64. The third kappa shape index (κ3) is 4.09. The predicted molar refractivity (Wildman–Crippen MR) is 106 cm³/mol. The minimum absolute atomic E-state index is 0.254. The molecule has 138 valence electrons. The van der Waals surface area contributed by atoms with Crippen LogP contribution in [0.3, 0.4) is 0 Å². The minimum Gasteiger partial charge on any atom is -0.390 e. The molecule has 4 nitrogen and oxygen atoms in total. The van der Waals surface area contributed by atoms with Crippen LogP contribution in [0.15, 0.2) is 60.7 Å². The van der Waals surface area contributed by atoms with Gasteiger partial charge in [-0.1, -0.05) is 48.5 Å². The summed E-state index contributed by atoms with van der Waals surface area (Å²) in [7, 11) is 0. The number of benzene rings is 2. The Morgan fingerprint density at radius 3 is 2.12 bits per heavy atom. The van der Waals surface area contributed by atoms with Crippen molar-refractivity contribution in [1.82, 2.24) is 9.80 Å². The van der Waals surface area contributed by atoms with Crippen molar-refractivity contribution in [1.29, 1.82) is 0 Å². The van der Waals surface area contributed by atoms with Gasteiger partial charge in [-0.15, -0.1) is 0 Å². The zero-order valence-corrected chi connectivity index (χ0v) is 15.4. The van der Waals surface area contributed by atoms with Gasteiger partial charge in [0.1, 0.15) is 0 Å². The number of hydrogen-bond donors (Lipinski definition) is 1. The van der Waals surface area contributed by atoms with Crippen LogP contribution < -0.4 is 4.90 Å². The quantitative estimate of drug-likeness (QED) is 0.916. The van der Waals surface area contributed by atoms with Crippen LogP contribution in [0.5, 0.6) is 0 Å². The van der Waals surface area contributed by atoms with Crippen molar-refractivity contribution in [2.75, 3.05) is 44.2 Å². The van der Waals surface area contributed by atoms with Gasteiger partial charge < -0.3 is 10.0 Å². The maximum Gasteiger partial charge on any atom is 0.0822 e. The zero-order chi connectivity index (χ0) is 17.8. The molecule has 2 aromatic rings. The first-order valence-electron chi connectivity index (χ1n) is 9.78. The SMILES string of the molecule is OC1CN(Cc2ccccc2)CCC1N1CCN(c2ccccc2)CC1. The molecule has 2 aromatic carbocycles. The van der Waals surface area contributed by atoms with Crippen LogP contribution >= 0.6 is 0 Å². The van der Waals surface area contributed by atoms with Crippen molar-refractivity contribution in [3.8, 4) is 0 Å². The lowest BCUT2D eigenvalue weighted by molar-refractivity contribution is -0.0171. The Morgan fingerprint density at radius 1 is 0.808 bits per heavy atom. The molecule has 4 rings (SSSR count). The van der Waals surface area contributed by atoms with Crippen LogP contribution in [0.25, 0.3) is 0 Å². The lowest BCUT2D eigenvalue weighted by Crippen LogP contribution is -2.58. The molecule has 2 fully saturated rings. The summed E-state index contributed by atoms with van der Waals surface area (Å²) in [4.78, 5) is 7.34. The van der Waals surface area contributed by atoms with E-state index in [2.05, 4.69) is 75.4 Å². The summed E-state index contributed by atoms with van der Waals surface area (Å²) < 4.78 is 0. The molecule has 2 saturated heterocycles. The molecule has 0 aliphatic carbocycles. The topological polar surface area (TPSA) is 30.0 Å². The van der Waals surface area contributed by atoms with E-state index in [1.807, 2.05) is 0 Å². The first-order chi connectivity index (χ1) is 12.8. The highest BCUT2D eigenvalue weighted by molar-refractivity contribution is 5.46. The molecular weight excluding hydrogens is 322 g/mol. The number of aliphatic hydroxyl groups excluding tert-OH is 1. The van der Waals surface area contributed by atoms with Gasteiger partial charge in [-0.3, -0.25) is 9.80 Å². The van der Waals surface area contributed by atoms with Gasteiger partial charge >= 0.3 is 0 Å². The monoisotopic (exact) mass is 351 g/mol. The van der Waals surface area contributed by atoms with Crippen molar-refractivity contribution < 1.29 is 5.11 Å². The van der Waals surface area contributed by atoms with Crippen LogP contribution in [0, 0.1) is 0 Å². The average molecular weight is 351 g/mol. The highest BCUT2D eigenvalue weighted by Crippen LogP contribution is 2.22. The number of rotatable bonds is 4. The van der Waals surface area contributed by atoms with E-state index in [0.717, 1.165) is 52.2 Å². The molecule has 2 heterocycles. The maximum absolute atomic E-state index is 10.8. The fourth-order valence-electron chi connectivity index (χ4n) is 4.35. The van der Waals surface area contributed by atoms with E-state index < -0.39 is 0 Å². The summed E-state index contributed by atoms with van der Waals surface area (Å²) in [5.74, 6) is 0. The van der Waals surface area contributed by atoms with Gasteiger partial charge in [0.25, 0.3) is 0 Å². The van der Waals surface area contributed by atoms with Crippen LogP contribution in [0.4, 0.5) is 5.69 Å². The van der Waals surface area contributed by atoms with E-state index in [-0.39, 0.29) is 6.10 Å². The number of piperazine rings is 1. The summed E-state index contributed by atoms with van der Waals surface area (Å²) in [6.07, 6.45) is 0.801. The molecule has 0 spiro atoms. The Morgan fingerprint density at radius 2 is 1.46 bits per heavy atom. The van der Waals surface area contributed by atoms with Gasteiger partial charge in [-0.05, 0) is 24.1 Å². The Hall–Kier alpha value is -1.88. The first kappa shape index (κ1) is 17.5. The van der Waals surface area contributed by atoms with Crippen molar-refractivity contribution >= 4 is 5.69 Å². The molecule has 2 atom stereocenters. The van der Waals surface area contributed by atoms with Crippen LogP contribution in [-0.4, -0.2) is 66.3 Å². The smallest absolute Gasteiger partial charge is 0.0822 e. The van der Waals surface area contributed by atoms with Crippen LogP contribution in [0.2, 0.25) is 0 Å². The van der Waals surface area contributed by atoms with E-state index in [9.17, 15) is 5.11 Å². The predicted octanol–water partition coefficient (Wildman–Crippen LogP) is 2.44. The van der Waals surface area contributed by atoms with Gasteiger partial charge in [-0.2, -0.15) is 0 Å². The zero-order valence-electron chi connectivity index (χ0n) is 15.4. The molecule has 1 N–H and O–H groups in total. The molecular formula is C22H29N3O. The molecule has 0 aromatic heterocycles. The van der Waals surface area contributed by atoms with Crippen molar-refractivity contribution in [2.45, 2.75) is 25.1 Å². The van der Waals surface area contributed by atoms with Crippen molar-refractivity contribution in [2.24, 2.45) is 0 Å². The summed E-state index contributed by atoms with van der Waals surface area (Å²) in [6.45, 7) is 6.94. The largest absolute Gasteiger partial charge is 0.390 e. The lowest BCUT2D eigenvalue weighted by Gasteiger charge is -2.45. The molecule has 0 saturated carbocycles. The van der Waals surface area contributed by atoms with Gasteiger partial charge in [0.15, 0.2) is 0 Å². The Bertz CT molecular complexity index is 670. The van der Waals surface area contributed by atoms with Crippen molar-refractivity contribution in [3.63, 3.8) is 0 Å². The Kier molecular flexibility index (Phi) is 5.54. The summed E-state index contributed by atoms with van der Waals surface area (Å²) in [6, 6.07) is 21.5. The molecule has 2 unspecified atom stereocenters. The summed E-state index contributed by atoms with van der Waals surface area (Å²) in [5, 5.41) is 10.8. The number of piperidine rings is 1. The first-order valence-corrected chi connectivity index (χ1v) is 9.78. The fraction of sp³-hybridized carbons (Fsp3) is 0.455. The Balaban J connectivity index is 1.29. The lowest BCUT2D eigenvalue weighted by atomic mass is 9.98. The minimum atomic E-state index is -0.254. The molecule has 2 aliphatic heterocycles. The number of aliphatic hydroxyl groups is 1. The highest BCUT2D eigenvalue weighted by atomic mass is 16.3. The second kappa shape index (κ2) is 8.21. The summed E-state index contributed by atoms with van der Waals surface area (Å²) >= 11 is 0. The van der Waals surface area contributed by atoms with E-state index in [4.69, 9.17) is 0 Å². The average Bonchev–Trinajstić information content (AvgIpc) is 2.70. The normalized spacial score (nSPS) is 25.3. The number of β-amino-alcohol motifs (C(OH)–C–C–N with tert-alkyl or cyclic N) is 1. The fourth-order valence-corrected chi connectivity index (χ4v) is 4.35. The van der Waals surface area contributed by atoms with Crippen LogP contribution in [0.1, 0.15) is 12.0 Å². The Labute approximate surface area is 156 Å². The van der Waals surface area contributed by atoms with Gasteiger partial charge in [0.05, 0.1) is 6.10 Å². The number of anilines is 1. The maximum atomic E-state index is 10.8. The third-order valence-electron chi connectivity index (χ3n) is 5.78. The molecule has 2 aliphatic rings. The second-order valence-corrected chi connectivity index (χ2v) is 7.50. The number of likely N-dealkylation sites (tertiary alicyclic amines) is 1.